The molecule has 3 aliphatic rings. The van der Waals surface area contributed by atoms with Crippen molar-refractivity contribution in [1.29, 1.82) is 0 Å². The van der Waals surface area contributed by atoms with Crippen LogP contribution in [0.25, 0.3) is 0 Å². The third kappa shape index (κ3) is 2.26. The van der Waals surface area contributed by atoms with Crippen molar-refractivity contribution in [1.82, 2.24) is 0 Å². The molecule has 0 aromatic rings. The normalized spacial score (nSPS) is 55.6. The van der Waals surface area contributed by atoms with Crippen molar-refractivity contribution in [3.05, 3.63) is 12.7 Å². The van der Waals surface area contributed by atoms with Gasteiger partial charge in [0.05, 0.1) is 17.8 Å². The Balaban J connectivity index is 1.99. The minimum Gasteiger partial charge on any atom is -0.393 e. The monoisotopic (exact) mass is 322 g/mol. The first-order chi connectivity index (χ1) is 10.5. The molecule has 3 heteroatoms. The SMILES string of the molecule is C=C[C@]1(C)O[C@@]2(C)CC[C@H]3C(C)(C)[C@H](O)CC[C@@]3(C)[C@H]2C[C@H]1O. The molecule has 0 radical (unpaired) electrons. The number of aliphatic hydroxyl groups excluding tert-OH is 2. The first-order valence-electron chi connectivity index (χ1n) is 9.19. The number of hydrogen-bond acceptors (Lipinski definition) is 3. The second-order valence-electron chi connectivity index (χ2n) is 9.58. The van der Waals surface area contributed by atoms with Gasteiger partial charge in [-0.25, -0.2) is 0 Å². The van der Waals surface area contributed by atoms with E-state index in [9.17, 15) is 10.2 Å². The van der Waals surface area contributed by atoms with E-state index in [2.05, 4.69) is 34.3 Å². The Morgan fingerprint density at radius 3 is 2.22 bits per heavy atom. The predicted molar refractivity (Wildman–Crippen MR) is 92.1 cm³/mol. The highest BCUT2D eigenvalue weighted by Gasteiger charge is 2.64. The summed E-state index contributed by atoms with van der Waals surface area (Å²) < 4.78 is 6.51. The van der Waals surface area contributed by atoms with Crippen molar-refractivity contribution in [2.75, 3.05) is 0 Å². The molecule has 1 aliphatic heterocycles. The lowest BCUT2D eigenvalue weighted by molar-refractivity contribution is -0.288. The average Bonchev–Trinajstić information content (AvgIpc) is 2.46. The molecule has 2 saturated carbocycles. The summed E-state index contributed by atoms with van der Waals surface area (Å²) in [6, 6.07) is 0. The fraction of sp³-hybridized carbons (Fsp3) is 0.900. The van der Waals surface area contributed by atoms with Crippen molar-refractivity contribution in [3.63, 3.8) is 0 Å². The highest BCUT2D eigenvalue weighted by molar-refractivity contribution is 5.15. The average molecular weight is 322 g/mol. The maximum atomic E-state index is 10.7. The zero-order valence-electron chi connectivity index (χ0n) is 15.4. The molecule has 2 aliphatic carbocycles. The molecule has 1 heterocycles. The molecular formula is C20H34O3. The fourth-order valence-electron chi connectivity index (χ4n) is 6.34. The number of rotatable bonds is 1. The van der Waals surface area contributed by atoms with E-state index in [1.807, 2.05) is 6.92 Å². The second-order valence-corrected chi connectivity index (χ2v) is 9.58. The smallest absolute Gasteiger partial charge is 0.110 e. The molecule has 2 N–H and O–H groups in total. The molecule has 3 rings (SSSR count). The molecule has 3 nitrogen and oxygen atoms in total. The molecule has 0 bridgehead atoms. The third-order valence-electron chi connectivity index (χ3n) is 7.95. The minimum atomic E-state index is -0.655. The molecule has 0 aromatic heterocycles. The minimum absolute atomic E-state index is 0.0710. The van der Waals surface area contributed by atoms with Crippen LogP contribution in [-0.4, -0.2) is 33.6 Å². The van der Waals surface area contributed by atoms with E-state index in [-0.39, 0.29) is 22.5 Å². The lowest BCUT2D eigenvalue weighted by Crippen LogP contribution is -2.67. The van der Waals surface area contributed by atoms with Crippen LogP contribution in [0.15, 0.2) is 12.7 Å². The van der Waals surface area contributed by atoms with Gasteiger partial charge in [-0.1, -0.05) is 26.8 Å². The summed E-state index contributed by atoms with van der Waals surface area (Å²) in [4.78, 5) is 0. The summed E-state index contributed by atoms with van der Waals surface area (Å²) in [6.07, 6.45) is 5.73. The topological polar surface area (TPSA) is 49.7 Å². The zero-order valence-corrected chi connectivity index (χ0v) is 15.4. The summed E-state index contributed by atoms with van der Waals surface area (Å²) >= 11 is 0. The molecule has 3 fully saturated rings. The maximum Gasteiger partial charge on any atom is 0.110 e. The van der Waals surface area contributed by atoms with Crippen LogP contribution >= 0.6 is 0 Å². The standard InChI is InChI=1S/C20H34O3/c1-7-19(5)16(22)12-14-18(4)10-9-15(21)17(2,3)13(18)8-11-20(14,6)23-19/h7,13-16,21-22H,1,8-12H2,2-6H3/t13-,14+,15+,16+,18+,19-,20-/m0/s1. The van der Waals surface area contributed by atoms with Gasteiger partial charge in [-0.15, -0.1) is 6.58 Å². The molecule has 7 atom stereocenters. The van der Waals surface area contributed by atoms with E-state index in [1.165, 1.54) is 0 Å². The number of aliphatic hydroxyl groups is 2. The number of ether oxygens (including phenoxy) is 1. The van der Waals surface area contributed by atoms with Crippen LogP contribution in [0.2, 0.25) is 0 Å². The van der Waals surface area contributed by atoms with Crippen LogP contribution in [0.4, 0.5) is 0 Å². The first kappa shape index (κ1) is 17.4. The summed E-state index contributed by atoms with van der Waals surface area (Å²) in [5.41, 5.74) is -0.832. The van der Waals surface area contributed by atoms with Crippen molar-refractivity contribution < 1.29 is 14.9 Å². The van der Waals surface area contributed by atoms with Crippen LogP contribution in [0.1, 0.15) is 66.7 Å². The summed E-state index contributed by atoms with van der Waals surface area (Å²) in [6.45, 7) is 14.9. The number of hydrogen-bond donors (Lipinski definition) is 2. The van der Waals surface area contributed by atoms with Crippen molar-refractivity contribution in [3.8, 4) is 0 Å². The lowest BCUT2D eigenvalue weighted by atomic mass is 9.43. The molecule has 132 valence electrons. The Kier molecular flexibility index (Phi) is 3.84. The zero-order chi connectivity index (χ0) is 17.3. The van der Waals surface area contributed by atoms with Gasteiger partial charge in [0.2, 0.25) is 0 Å². The van der Waals surface area contributed by atoms with Crippen LogP contribution in [0.5, 0.6) is 0 Å². The Morgan fingerprint density at radius 2 is 1.61 bits per heavy atom. The van der Waals surface area contributed by atoms with Gasteiger partial charge < -0.3 is 14.9 Å². The van der Waals surface area contributed by atoms with E-state index in [1.54, 1.807) is 6.08 Å². The largest absolute Gasteiger partial charge is 0.393 e. The van der Waals surface area contributed by atoms with E-state index in [0.29, 0.717) is 11.8 Å². The molecular weight excluding hydrogens is 288 g/mol. The third-order valence-corrected chi connectivity index (χ3v) is 7.95. The first-order valence-corrected chi connectivity index (χ1v) is 9.19. The molecule has 0 aromatic carbocycles. The molecule has 0 spiro atoms. The Bertz CT molecular complexity index is 501. The predicted octanol–water partition coefficient (Wildman–Crippen LogP) is 3.68. The van der Waals surface area contributed by atoms with Crippen molar-refractivity contribution in [2.45, 2.75) is 90.1 Å². The van der Waals surface area contributed by atoms with E-state index in [0.717, 1.165) is 32.1 Å². The van der Waals surface area contributed by atoms with Gasteiger partial charge in [0.1, 0.15) is 5.60 Å². The van der Waals surface area contributed by atoms with Crippen molar-refractivity contribution in [2.24, 2.45) is 22.7 Å². The van der Waals surface area contributed by atoms with Crippen LogP contribution in [0, 0.1) is 22.7 Å². The fourth-order valence-corrected chi connectivity index (χ4v) is 6.34. The van der Waals surface area contributed by atoms with E-state index >= 15 is 0 Å². The van der Waals surface area contributed by atoms with Gasteiger partial charge >= 0.3 is 0 Å². The highest BCUT2D eigenvalue weighted by atomic mass is 16.5. The van der Waals surface area contributed by atoms with Crippen LogP contribution in [0.3, 0.4) is 0 Å². The van der Waals surface area contributed by atoms with Gasteiger partial charge in [0.15, 0.2) is 0 Å². The highest BCUT2D eigenvalue weighted by Crippen LogP contribution is 2.65. The van der Waals surface area contributed by atoms with Crippen LogP contribution in [-0.2, 0) is 4.74 Å². The molecule has 1 saturated heterocycles. The van der Waals surface area contributed by atoms with Crippen LogP contribution < -0.4 is 0 Å². The van der Waals surface area contributed by atoms with E-state index in [4.69, 9.17) is 4.74 Å². The van der Waals surface area contributed by atoms with Gasteiger partial charge in [-0.05, 0) is 68.6 Å². The van der Waals surface area contributed by atoms with Gasteiger partial charge in [-0.2, -0.15) is 0 Å². The quantitative estimate of drug-likeness (QED) is 0.724. The Morgan fingerprint density at radius 1 is 0.957 bits per heavy atom. The number of fused-ring (bicyclic) bond motifs is 3. The molecule has 0 amide bonds. The summed E-state index contributed by atoms with van der Waals surface area (Å²) in [5, 5.41) is 21.3. The Hall–Kier alpha value is -0.380. The van der Waals surface area contributed by atoms with Gasteiger partial charge in [0.25, 0.3) is 0 Å². The van der Waals surface area contributed by atoms with Gasteiger partial charge in [0, 0.05) is 0 Å². The van der Waals surface area contributed by atoms with Crippen molar-refractivity contribution >= 4 is 0 Å². The second kappa shape index (κ2) is 5.06. The van der Waals surface area contributed by atoms with E-state index < -0.39 is 11.7 Å². The molecule has 23 heavy (non-hydrogen) atoms. The van der Waals surface area contributed by atoms with Gasteiger partial charge in [-0.3, -0.25) is 0 Å². The summed E-state index contributed by atoms with van der Waals surface area (Å²) in [7, 11) is 0. The summed E-state index contributed by atoms with van der Waals surface area (Å²) in [5.74, 6) is 0.796. The maximum absolute atomic E-state index is 10.7. The lowest BCUT2D eigenvalue weighted by Gasteiger charge is -2.66. The Labute approximate surface area is 141 Å². The molecule has 0 unspecified atom stereocenters.